The molecule has 0 saturated heterocycles. The minimum atomic E-state index is -1.12. The number of carboxylic acid groups (broad SMARTS) is 1. The molecular weight excluding hydrogens is 280 g/mol. The van der Waals surface area contributed by atoms with Crippen LogP contribution in [0.5, 0.6) is 0 Å². The predicted molar refractivity (Wildman–Crippen MR) is 84.5 cm³/mol. The van der Waals surface area contributed by atoms with E-state index in [9.17, 15) is 14.7 Å². The summed E-state index contributed by atoms with van der Waals surface area (Å²) >= 11 is 0. The lowest BCUT2D eigenvalue weighted by molar-refractivity contribution is 0.0692. The van der Waals surface area contributed by atoms with Crippen molar-refractivity contribution in [1.29, 1.82) is 0 Å². The molecule has 5 nitrogen and oxygen atoms in total. The molecule has 1 heterocycles. The molecule has 1 amide bonds. The van der Waals surface area contributed by atoms with Crippen LogP contribution in [0.3, 0.4) is 0 Å². The Labute approximate surface area is 129 Å². The van der Waals surface area contributed by atoms with E-state index in [1.165, 1.54) is 6.07 Å². The van der Waals surface area contributed by atoms with E-state index < -0.39 is 11.9 Å². The van der Waals surface area contributed by atoms with E-state index in [2.05, 4.69) is 10.3 Å². The molecule has 0 fully saturated rings. The smallest absolute Gasteiger partial charge is 0.336 e. The highest BCUT2D eigenvalue weighted by Crippen LogP contribution is 2.18. The first kappa shape index (κ1) is 15.7. The second kappa shape index (κ2) is 5.97. The van der Waals surface area contributed by atoms with Crippen molar-refractivity contribution in [3.63, 3.8) is 0 Å². The fourth-order valence-corrected chi connectivity index (χ4v) is 2.06. The van der Waals surface area contributed by atoms with E-state index >= 15 is 0 Å². The van der Waals surface area contributed by atoms with Crippen LogP contribution in [0.1, 0.15) is 43.1 Å². The Kier molecular flexibility index (Phi) is 4.26. The summed E-state index contributed by atoms with van der Waals surface area (Å²) in [5.41, 5.74) is 3.66. The summed E-state index contributed by atoms with van der Waals surface area (Å²) in [5.74, 6) is -1.19. The van der Waals surface area contributed by atoms with Gasteiger partial charge in [-0.25, -0.2) is 9.78 Å². The van der Waals surface area contributed by atoms with Crippen molar-refractivity contribution in [2.75, 3.05) is 5.32 Å². The minimum Gasteiger partial charge on any atom is -0.478 e. The number of pyridine rings is 1. The lowest BCUT2D eigenvalue weighted by Gasteiger charge is -2.11. The van der Waals surface area contributed by atoms with Gasteiger partial charge < -0.3 is 10.4 Å². The standard InChI is InChI=1S/C17H18N2O3/c1-9-5-6-15(18-12(9)4)19-16(20)13-7-10(2)11(3)8-14(13)17(21)22/h5-8H,1-4H3,(H,21,22)(H,18,19,20). The number of hydrogen-bond donors (Lipinski definition) is 2. The van der Waals surface area contributed by atoms with Crippen LogP contribution >= 0.6 is 0 Å². The van der Waals surface area contributed by atoms with Gasteiger partial charge in [0.1, 0.15) is 5.82 Å². The first-order valence-corrected chi connectivity index (χ1v) is 6.89. The third-order valence-electron chi connectivity index (χ3n) is 3.70. The van der Waals surface area contributed by atoms with Crippen LogP contribution in [0.2, 0.25) is 0 Å². The van der Waals surface area contributed by atoms with Crippen molar-refractivity contribution in [2.45, 2.75) is 27.7 Å². The molecule has 114 valence electrons. The zero-order valence-electron chi connectivity index (χ0n) is 13.0. The Morgan fingerprint density at radius 3 is 2.09 bits per heavy atom. The van der Waals surface area contributed by atoms with E-state index in [1.807, 2.05) is 33.8 Å². The molecule has 5 heteroatoms. The van der Waals surface area contributed by atoms with E-state index in [-0.39, 0.29) is 11.1 Å². The number of carbonyl (C=O) groups is 2. The summed E-state index contributed by atoms with van der Waals surface area (Å²) in [4.78, 5) is 28.0. The molecule has 0 unspecified atom stereocenters. The van der Waals surface area contributed by atoms with Crippen LogP contribution in [0.4, 0.5) is 5.82 Å². The van der Waals surface area contributed by atoms with Crippen molar-refractivity contribution >= 4 is 17.7 Å². The van der Waals surface area contributed by atoms with Gasteiger partial charge in [0, 0.05) is 5.69 Å². The van der Waals surface area contributed by atoms with Gasteiger partial charge in [-0.05, 0) is 62.6 Å². The summed E-state index contributed by atoms with van der Waals surface area (Å²) in [6.07, 6.45) is 0. The molecule has 0 spiro atoms. The van der Waals surface area contributed by atoms with Crippen LogP contribution in [0.25, 0.3) is 0 Å². The van der Waals surface area contributed by atoms with Crippen LogP contribution in [-0.4, -0.2) is 22.0 Å². The van der Waals surface area contributed by atoms with Crippen LogP contribution in [-0.2, 0) is 0 Å². The first-order valence-electron chi connectivity index (χ1n) is 6.89. The fraction of sp³-hybridized carbons (Fsp3) is 0.235. The number of aromatic nitrogens is 1. The first-order chi connectivity index (χ1) is 10.3. The van der Waals surface area contributed by atoms with Gasteiger partial charge in [-0.2, -0.15) is 0 Å². The quantitative estimate of drug-likeness (QED) is 0.911. The summed E-state index contributed by atoms with van der Waals surface area (Å²) < 4.78 is 0. The Morgan fingerprint density at radius 2 is 1.55 bits per heavy atom. The summed E-state index contributed by atoms with van der Waals surface area (Å²) in [6.45, 7) is 7.43. The van der Waals surface area contributed by atoms with Crippen molar-refractivity contribution in [1.82, 2.24) is 4.98 Å². The molecule has 0 aliphatic carbocycles. The van der Waals surface area contributed by atoms with Crippen LogP contribution in [0.15, 0.2) is 24.3 Å². The van der Waals surface area contributed by atoms with Crippen molar-refractivity contribution in [3.05, 3.63) is 57.8 Å². The molecule has 0 bridgehead atoms. The molecule has 1 aromatic heterocycles. The predicted octanol–water partition coefficient (Wildman–Crippen LogP) is 3.27. The van der Waals surface area contributed by atoms with Crippen LogP contribution in [0, 0.1) is 27.7 Å². The fourth-order valence-electron chi connectivity index (χ4n) is 2.06. The number of anilines is 1. The lowest BCUT2D eigenvalue weighted by atomic mass is 9.99. The Bertz CT molecular complexity index is 767. The van der Waals surface area contributed by atoms with Crippen LogP contribution < -0.4 is 5.32 Å². The Morgan fingerprint density at radius 1 is 0.955 bits per heavy atom. The second-order valence-electron chi connectivity index (χ2n) is 5.34. The van der Waals surface area contributed by atoms with Gasteiger partial charge in [-0.3, -0.25) is 4.79 Å². The van der Waals surface area contributed by atoms with Crippen molar-refractivity contribution in [3.8, 4) is 0 Å². The molecule has 2 N–H and O–H groups in total. The van der Waals surface area contributed by atoms with Gasteiger partial charge >= 0.3 is 5.97 Å². The van der Waals surface area contributed by atoms with Gasteiger partial charge in [0.25, 0.3) is 5.91 Å². The average Bonchev–Trinajstić information content (AvgIpc) is 2.45. The highest BCUT2D eigenvalue weighted by Gasteiger charge is 2.18. The maximum atomic E-state index is 12.4. The summed E-state index contributed by atoms with van der Waals surface area (Å²) in [7, 11) is 0. The molecule has 0 aliphatic rings. The Balaban J connectivity index is 2.38. The number of benzene rings is 1. The third-order valence-corrected chi connectivity index (χ3v) is 3.70. The Hall–Kier alpha value is -2.69. The number of aryl methyl sites for hydroxylation is 4. The molecule has 0 atom stereocenters. The molecule has 0 radical (unpaired) electrons. The molecular formula is C17H18N2O3. The number of amides is 1. The number of nitrogens with one attached hydrogen (secondary N) is 1. The van der Waals surface area contributed by atoms with E-state index in [1.54, 1.807) is 12.1 Å². The number of nitrogens with zero attached hydrogens (tertiary/aromatic N) is 1. The topological polar surface area (TPSA) is 79.3 Å². The molecule has 2 rings (SSSR count). The monoisotopic (exact) mass is 298 g/mol. The number of carboxylic acids is 1. The molecule has 0 saturated carbocycles. The number of rotatable bonds is 3. The molecule has 2 aromatic rings. The zero-order valence-corrected chi connectivity index (χ0v) is 13.0. The SMILES string of the molecule is Cc1cc(C(=O)O)c(C(=O)Nc2ccc(C)c(C)n2)cc1C. The molecule has 0 aliphatic heterocycles. The second-order valence-corrected chi connectivity index (χ2v) is 5.34. The maximum Gasteiger partial charge on any atom is 0.336 e. The van der Waals surface area contributed by atoms with Gasteiger partial charge in [0.2, 0.25) is 0 Å². The summed E-state index contributed by atoms with van der Waals surface area (Å²) in [5, 5.41) is 11.9. The lowest BCUT2D eigenvalue weighted by Crippen LogP contribution is -2.18. The van der Waals surface area contributed by atoms with E-state index in [0.717, 1.165) is 22.4 Å². The zero-order chi connectivity index (χ0) is 16.4. The largest absolute Gasteiger partial charge is 0.478 e. The maximum absolute atomic E-state index is 12.4. The van der Waals surface area contributed by atoms with Gasteiger partial charge in [-0.1, -0.05) is 6.07 Å². The van der Waals surface area contributed by atoms with Crippen molar-refractivity contribution < 1.29 is 14.7 Å². The molecule has 22 heavy (non-hydrogen) atoms. The number of carbonyl (C=O) groups excluding carboxylic acids is 1. The minimum absolute atomic E-state index is 0.00978. The number of aromatic carboxylic acids is 1. The highest BCUT2D eigenvalue weighted by molar-refractivity contribution is 6.10. The van der Waals surface area contributed by atoms with Gasteiger partial charge in [0.05, 0.1) is 11.1 Å². The third kappa shape index (κ3) is 3.14. The highest BCUT2D eigenvalue weighted by atomic mass is 16.4. The number of hydrogen-bond acceptors (Lipinski definition) is 3. The molecule has 1 aromatic carbocycles. The van der Waals surface area contributed by atoms with Gasteiger partial charge in [-0.15, -0.1) is 0 Å². The van der Waals surface area contributed by atoms with E-state index in [4.69, 9.17) is 0 Å². The van der Waals surface area contributed by atoms with E-state index in [0.29, 0.717) is 5.82 Å². The average molecular weight is 298 g/mol. The summed E-state index contributed by atoms with van der Waals surface area (Å²) in [6, 6.07) is 6.66. The normalized spacial score (nSPS) is 10.4. The van der Waals surface area contributed by atoms with Crippen molar-refractivity contribution in [2.24, 2.45) is 0 Å². The van der Waals surface area contributed by atoms with Gasteiger partial charge in [0.15, 0.2) is 0 Å².